The summed E-state index contributed by atoms with van der Waals surface area (Å²) >= 11 is 2.98. The van der Waals surface area contributed by atoms with Crippen molar-refractivity contribution in [1.29, 1.82) is 0 Å². The molecule has 0 saturated heterocycles. The first kappa shape index (κ1) is 18.6. The standard InChI is InChI=1S/C19H19N5O2S2/c1-11-14-16(23-12(2)17-20-6-8-27-17)21-10-22-18(14)28-15(11)19(25)24(3)9-13-5-4-7-26-13/h4-8,10,12H,9H2,1-3H3,(H,21,22,23). The number of nitrogens with zero attached hydrogens (tertiary/aromatic N) is 4. The van der Waals surface area contributed by atoms with Crippen LogP contribution in [-0.4, -0.2) is 32.8 Å². The molecule has 4 rings (SSSR count). The maximum Gasteiger partial charge on any atom is 0.264 e. The van der Waals surface area contributed by atoms with Gasteiger partial charge in [-0.05, 0) is 31.5 Å². The van der Waals surface area contributed by atoms with Gasteiger partial charge in [-0.25, -0.2) is 15.0 Å². The summed E-state index contributed by atoms with van der Waals surface area (Å²) in [5.41, 5.74) is 0.880. The zero-order chi connectivity index (χ0) is 19.7. The van der Waals surface area contributed by atoms with Gasteiger partial charge in [-0.2, -0.15) is 0 Å². The Morgan fingerprint density at radius 1 is 1.36 bits per heavy atom. The molecule has 0 aliphatic heterocycles. The van der Waals surface area contributed by atoms with Crippen LogP contribution in [-0.2, 0) is 6.54 Å². The van der Waals surface area contributed by atoms with Gasteiger partial charge in [0.25, 0.3) is 5.91 Å². The van der Waals surface area contributed by atoms with Crippen LogP contribution in [0, 0.1) is 6.92 Å². The highest BCUT2D eigenvalue weighted by atomic mass is 32.1. The normalized spacial score (nSPS) is 12.2. The molecule has 0 aliphatic rings. The summed E-state index contributed by atoms with van der Waals surface area (Å²) < 4.78 is 5.35. The highest BCUT2D eigenvalue weighted by Gasteiger charge is 2.23. The van der Waals surface area contributed by atoms with E-state index in [1.54, 1.807) is 35.7 Å². The smallest absolute Gasteiger partial charge is 0.264 e. The fourth-order valence-electron chi connectivity index (χ4n) is 2.98. The van der Waals surface area contributed by atoms with Crippen LogP contribution in [0.4, 0.5) is 5.82 Å². The molecule has 7 nitrogen and oxygen atoms in total. The van der Waals surface area contributed by atoms with Gasteiger partial charge < -0.3 is 14.6 Å². The molecule has 144 valence electrons. The van der Waals surface area contributed by atoms with Crippen LogP contribution in [0.3, 0.4) is 0 Å². The zero-order valence-corrected chi connectivity index (χ0v) is 17.3. The Morgan fingerprint density at radius 3 is 2.93 bits per heavy atom. The van der Waals surface area contributed by atoms with Crippen LogP contribution in [0.1, 0.15) is 39.0 Å². The third kappa shape index (κ3) is 3.50. The molecule has 9 heteroatoms. The molecule has 1 atom stereocenters. The number of hydrogen-bond donors (Lipinski definition) is 1. The lowest BCUT2D eigenvalue weighted by Crippen LogP contribution is -2.25. The predicted molar refractivity (Wildman–Crippen MR) is 111 cm³/mol. The van der Waals surface area contributed by atoms with Gasteiger partial charge in [0.15, 0.2) is 0 Å². The summed E-state index contributed by atoms with van der Waals surface area (Å²) in [4.78, 5) is 29.2. The largest absolute Gasteiger partial charge is 0.467 e. The highest BCUT2D eigenvalue weighted by molar-refractivity contribution is 7.20. The first-order valence-corrected chi connectivity index (χ1v) is 10.4. The fraction of sp³-hybridized carbons (Fsp3) is 0.263. The van der Waals surface area contributed by atoms with Gasteiger partial charge in [0.2, 0.25) is 0 Å². The topological polar surface area (TPSA) is 84.2 Å². The second-order valence-corrected chi connectivity index (χ2v) is 8.36. The number of fused-ring (bicyclic) bond motifs is 1. The molecule has 1 N–H and O–H groups in total. The summed E-state index contributed by atoms with van der Waals surface area (Å²) in [6.07, 6.45) is 4.92. The van der Waals surface area contributed by atoms with Crippen LogP contribution >= 0.6 is 22.7 Å². The lowest BCUT2D eigenvalue weighted by atomic mass is 10.2. The molecule has 1 unspecified atom stereocenters. The van der Waals surface area contributed by atoms with E-state index in [0.29, 0.717) is 17.2 Å². The third-order valence-corrected chi connectivity index (χ3v) is 6.56. The third-order valence-electron chi connectivity index (χ3n) is 4.42. The molecule has 0 bridgehead atoms. The van der Waals surface area contributed by atoms with Gasteiger partial charge in [-0.3, -0.25) is 4.79 Å². The molecule has 0 aliphatic carbocycles. The SMILES string of the molecule is Cc1c(C(=O)N(C)Cc2ccco2)sc2ncnc(NC(C)c3nccs3)c12. The molecule has 0 fully saturated rings. The Morgan fingerprint density at radius 2 is 2.21 bits per heavy atom. The summed E-state index contributed by atoms with van der Waals surface area (Å²) in [7, 11) is 1.77. The van der Waals surface area contributed by atoms with Crippen molar-refractivity contribution in [1.82, 2.24) is 19.9 Å². The monoisotopic (exact) mass is 413 g/mol. The minimum Gasteiger partial charge on any atom is -0.467 e. The first-order chi connectivity index (χ1) is 13.5. The van der Waals surface area contributed by atoms with Gasteiger partial charge in [0, 0.05) is 18.6 Å². The number of thiophene rings is 1. The van der Waals surface area contributed by atoms with E-state index in [2.05, 4.69) is 20.3 Å². The van der Waals surface area contributed by atoms with Crippen LogP contribution in [0.25, 0.3) is 10.2 Å². The summed E-state index contributed by atoms with van der Waals surface area (Å²) in [6.45, 7) is 4.39. The van der Waals surface area contributed by atoms with Gasteiger partial charge in [0.05, 0.1) is 29.1 Å². The second kappa shape index (κ2) is 7.69. The first-order valence-electron chi connectivity index (χ1n) is 8.72. The number of amides is 1. The quantitative estimate of drug-likeness (QED) is 0.501. The van der Waals surface area contributed by atoms with Gasteiger partial charge >= 0.3 is 0 Å². The van der Waals surface area contributed by atoms with Crippen molar-refractivity contribution in [2.75, 3.05) is 12.4 Å². The van der Waals surface area contributed by atoms with E-state index in [0.717, 1.165) is 26.5 Å². The van der Waals surface area contributed by atoms with Gasteiger partial charge in [0.1, 0.15) is 27.7 Å². The van der Waals surface area contributed by atoms with E-state index in [1.807, 2.05) is 31.4 Å². The van der Waals surface area contributed by atoms with Crippen molar-refractivity contribution < 1.29 is 9.21 Å². The average molecular weight is 414 g/mol. The predicted octanol–water partition coefficient (Wildman–Crippen LogP) is 4.49. The number of nitrogens with one attached hydrogen (secondary N) is 1. The van der Waals surface area contributed by atoms with Crippen LogP contribution < -0.4 is 5.32 Å². The van der Waals surface area contributed by atoms with Crippen molar-refractivity contribution in [2.24, 2.45) is 0 Å². The van der Waals surface area contributed by atoms with Crippen molar-refractivity contribution in [3.8, 4) is 0 Å². The number of rotatable bonds is 6. The maximum absolute atomic E-state index is 13.0. The van der Waals surface area contributed by atoms with Crippen molar-refractivity contribution in [2.45, 2.75) is 26.4 Å². The van der Waals surface area contributed by atoms with Crippen molar-refractivity contribution in [3.63, 3.8) is 0 Å². The molecule has 4 aromatic rings. The molecular weight excluding hydrogens is 394 g/mol. The molecule has 1 amide bonds. The minimum atomic E-state index is -0.0594. The Hall–Kier alpha value is -2.78. The van der Waals surface area contributed by atoms with E-state index in [9.17, 15) is 4.79 Å². The maximum atomic E-state index is 13.0. The number of aromatic nitrogens is 3. The number of aryl methyl sites for hydroxylation is 1. The number of carbonyl (C=O) groups is 1. The number of carbonyl (C=O) groups excluding carboxylic acids is 1. The lowest BCUT2D eigenvalue weighted by molar-refractivity contribution is 0.0779. The van der Waals surface area contributed by atoms with Crippen molar-refractivity contribution >= 4 is 44.6 Å². The molecule has 0 radical (unpaired) electrons. The summed E-state index contributed by atoms with van der Waals surface area (Å²) in [6, 6.07) is 3.68. The molecular formula is C19H19N5O2S2. The Kier molecular flexibility index (Phi) is 5.10. The highest BCUT2D eigenvalue weighted by Crippen LogP contribution is 2.35. The summed E-state index contributed by atoms with van der Waals surface area (Å²) in [5, 5.41) is 7.22. The lowest BCUT2D eigenvalue weighted by Gasteiger charge is -2.15. The number of furan rings is 1. The van der Waals surface area contributed by atoms with Crippen molar-refractivity contribution in [3.05, 3.63) is 57.5 Å². The molecule has 4 aromatic heterocycles. The summed E-state index contributed by atoms with van der Waals surface area (Å²) in [5.74, 6) is 1.40. The van der Waals surface area contributed by atoms with E-state index < -0.39 is 0 Å². The average Bonchev–Trinajstić information content (AvgIpc) is 3.43. The van der Waals surface area contributed by atoms with Gasteiger partial charge in [-0.15, -0.1) is 22.7 Å². The van der Waals surface area contributed by atoms with Gasteiger partial charge in [-0.1, -0.05) is 0 Å². The fourth-order valence-corrected chi connectivity index (χ4v) is 4.77. The molecule has 0 saturated carbocycles. The van der Waals surface area contributed by atoms with E-state index in [-0.39, 0.29) is 11.9 Å². The minimum absolute atomic E-state index is 0.0122. The van der Waals surface area contributed by atoms with Crippen LogP contribution in [0.2, 0.25) is 0 Å². The number of hydrogen-bond acceptors (Lipinski definition) is 8. The molecule has 28 heavy (non-hydrogen) atoms. The second-order valence-electron chi connectivity index (χ2n) is 6.44. The van der Waals surface area contributed by atoms with Crippen LogP contribution in [0.15, 0.2) is 40.7 Å². The molecule has 4 heterocycles. The van der Waals surface area contributed by atoms with Crippen LogP contribution in [0.5, 0.6) is 0 Å². The molecule has 0 aromatic carbocycles. The Labute approximate surface area is 170 Å². The van der Waals surface area contributed by atoms with E-state index in [1.165, 1.54) is 17.7 Å². The Balaban J connectivity index is 1.64. The van der Waals surface area contributed by atoms with E-state index >= 15 is 0 Å². The van der Waals surface area contributed by atoms with E-state index in [4.69, 9.17) is 4.42 Å². The number of thiazole rings is 1. The molecule has 0 spiro atoms. The Bertz CT molecular complexity index is 1090. The number of anilines is 1. The zero-order valence-electron chi connectivity index (χ0n) is 15.7.